The highest BCUT2D eigenvalue weighted by Gasteiger charge is 2.48. The van der Waals surface area contributed by atoms with Crippen LogP contribution in [0, 0.1) is 0 Å². The molecule has 8 N–H and O–H groups in total. The standard InChI is InChI=1S/C14H26N2O9.ClH/c1-5(19)16-9-12(23)11(22)8(4-18)24-14(9)25-13-6(3-17)15-2-7(20)10(13)21;/h6-15,17-18,20-23H,2-4H2,1H3,(H,16,19);1H/t6-,7+,8+,9-,10-,11-,12+,13-,14-;/m0./s1. The summed E-state index contributed by atoms with van der Waals surface area (Å²) in [6, 6.07) is -1.91. The minimum Gasteiger partial charge on any atom is -0.395 e. The third-order valence-electron chi connectivity index (χ3n) is 4.46. The van der Waals surface area contributed by atoms with Crippen LogP contribution in [0.5, 0.6) is 0 Å². The van der Waals surface area contributed by atoms with Gasteiger partial charge in [-0.25, -0.2) is 0 Å². The lowest BCUT2D eigenvalue weighted by Crippen LogP contribution is -2.68. The van der Waals surface area contributed by atoms with Gasteiger partial charge in [-0.15, -0.1) is 12.4 Å². The topological polar surface area (TPSA) is 181 Å². The fourth-order valence-corrected chi connectivity index (χ4v) is 3.05. The Balaban J connectivity index is 0.00000338. The van der Waals surface area contributed by atoms with E-state index in [9.17, 15) is 35.4 Å². The highest BCUT2D eigenvalue weighted by atomic mass is 35.5. The fourth-order valence-electron chi connectivity index (χ4n) is 3.05. The highest BCUT2D eigenvalue weighted by molar-refractivity contribution is 5.85. The zero-order chi connectivity index (χ0) is 18.7. The Bertz CT molecular complexity index is 458. The average Bonchev–Trinajstić information content (AvgIpc) is 2.58. The number of β-amino-alcohol motifs (C(OH)–C–C–N with tert-alkyl or cyclic N) is 1. The Morgan fingerprint density at radius 2 is 1.81 bits per heavy atom. The summed E-state index contributed by atoms with van der Waals surface area (Å²) in [6.45, 7) is 0.238. The van der Waals surface area contributed by atoms with Gasteiger partial charge in [-0.3, -0.25) is 4.79 Å². The monoisotopic (exact) mass is 402 g/mol. The van der Waals surface area contributed by atoms with Crippen molar-refractivity contribution in [2.45, 2.75) is 61.9 Å². The molecule has 154 valence electrons. The summed E-state index contributed by atoms with van der Waals surface area (Å²) in [7, 11) is 0. The number of rotatable bonds is 5. The lowest BCUT2D eigenvalue weighted by Gasteiger charge is -2.46. The number of ether oxygens (including phenoxy) is 2. The number of carbonyl (C=O) groups is 1. The van der Waals surface area contributed by atoms with Gasteiger partial charge >= 0.3 is 0 Å². The summed E-state index contributed by atoms with van der Waals surface area (Å²) in [6.07, 6.45) is -9.08. The second-order valence-electron chi connectivity index (χ2n) is 6.29. The van der Waals surface area contributed by atoms with Crippen LogP contribution in [0.15, 0.2) is 0 Å². The molecule has 2 aliphatic rings. The smallest absolute Gasteiger partial charge is 0.217 e. The number of halogens is 1. The number of carbonyl (C=O) groups excluding carboxylic acids is 1. The molecule has 0 bridgehead atoms. The zero-order valence-electron chi connectivity index (χ0n) is 14.1. The third kappa shape index (κ3) is 5.01. The van der Waals surface area contributed by atoms with E-state index in [-0.39, 0.29) is 19.0 Å². The summed E-state index contributed by atoms with van der Waals surface area (Å²) in [5.41, 5.74) is 0. The van der Waals surface area contributed by atoms with Crippen LogP contribution >= 0.6 is 12.4 Å². The van der Waals surface area contributed by atoms with Crippen LogP contribution in [-0.2, 0) is 14.3 Å². The maximum absolute atomic E-state index is 11.4. The molecule has 2 rings (SSSR count). The second kappa shape index (κ2) is 10.1. The number of amides is 1. The van der Waals surface area contributed by atoms with Gasteiger partial charge in [0.2, 0.25) is 5.91 Å². The van der Waals surface area contributed by atoms with Gasteiger partial charge in [0.25, 0.3) is 0 Å². The molecule has 9 atom stereocenters. The Labute approximate surface area is 156 Å². The van der Waals surface area contributed by atoms with E-state index in [1.54, 1.807) is 0 Å². The van der Waals surface area contributed by atoms with E-state index >= 15 is 0 Å². The maximum atomic E-state index is 11.4. The zero-order valence-corrected chi connectivity index (χ0v) is 15.0. The van der Waals surface area contributed by atoms with E-state index < -0.39 is 74.1 Å². The molecule has 0 unspecified atom stereocenters. The number of nitrogens with one attached hydrogen (secondary N) is 2. The predicted molar refractivity (Wildman–Crippen MR) is 88.4 cm³/mol. The van der Waals surface area contributed by atoms with E-state index in [0.29, 0.717) is 0 Å². The average molecular weight is 403 g/mol. The molecule has 26 heavy (non-hydrogen) atoms. The van der Waals surface area contributed by atoms with Crippen LogP contribution in [0.4, 0.5) is 0 Å². The Kier molecular flexibility index (Phi) is 9.09. The quantitative estimate of drug-likeness (QED) is 0.223. The van der Waals surface area contributed by atoms with Crippen LogP contribution in [0.2, 0.25) is 0 Å². The first kappa shape index (κ1) is 23.4. The van der Waals surface area contributed by atoms with E-state index in [4.69, 9.17) is 9.47 Å². The summed E-state index contributed by atoms with van der Waals surface area (Å²) in [5.74, 6) is -0.517. The molecule has 2 fully saturated rings. The van der Waals surface area contributed by atoms with Gasteiger partial charge in [-0.05, 0) is 0 Å². The lowest BCUT2D eigenvalue weighted by atomic mass is 9.94. The summed E-state index contributed by atoms with van der Waals surface area (Å²) in [4.78, 5) is 11.4. The molecule has 1 amide bonds. The van der Waals surface area contributed by atoms with Crippen LogP contribution in [0.1, 0.15) is 6.92 Å². The normalized spacial score (nSPS) is 43.4. The van der Waals surface area contributed by atoms with Gasteiger partial charge in [0.1, 0.15) is 36.6 Å². The van der Waals surface area contributed by atoms with Crippen LogP contribution in [0.25, 0.3) is 0 Å². The minimum absolute atomic E-state index is 0. The van der Waals surface area contributed by atoms with E-state index in [2.05, 4.69) is 10.6 Å². The Morgan fingerprint density at radius 3 is 2.35 bits per heavy atom. The second-order valence-corrected chi connectivity index (χ2v) is 6.29. The molecule has 2 heterocycles. The highest BCUT2D eigenvalue weighted by Crippen LogP contribution is 2.26. The van der Waals surface area contributed by atoms with Gasteiger partial charge in [-0.1, -0.05) is 0 Å². The van der Waals surface area contributed by atoms with Crippen molar-refractivity contribution < 1.29 is 44.9 Å². The van der Waals surface area contributed by atoms with Gasteiger partial charge in [0.15, 0.2) is 6.29 Å². The van der Waals surface area contributed by atoms with Crippen molar-refractivity contribution in [2.24, 2.45) is 0 Å². The molecule has 2 saturated heterocycles. The maximum Gasteiger partial charge on any atom is 0.217 e. The summed E-state index contributed by atoms with van der Waals surface area (Å²) in [5, 5.41) is 64.0. The molecule has 0 radical (unpaired) electrons. The van der Waals surface area contributed by atoms with Gasteiger partial charge in [0, 0.05) is 13.5 Å². The number of aliphatic hydroxyl groups excluding tert-OH is 6. The first-order chi connectivity index (χ1) is 11.8. The van der Waals surface area contributed by atoms with Gasteiger partial charge in [-0.2, -0.15) is 0 Å². The number of piperidine rings is 1. The van der Waals surface area contributed by atoms with Crippen molar-refractivity contribution in [3.8, 4) is 0 Å². The van der Waals surface area contributed by atoms with E-state index in [1.165, 1.54) is 6.92 Å². The van der Waals surface area contributed by atoms with E-state index in [1.807, 2.05) is 0 Å². The van der Waals surface area contributed by atoms with Crippen molar-refractivity contribution in [1.29, 1.82) is 0 Å². The van der Waals surface area contributed by atoms with Crippen LogP contribution in [-0.4, -0.2) is 111 Å². The number of hydrogen-bond donors (Lipinski definition) is 8. The molecule has 12 heteroatoms. The molecule has 0 aromatic rings. The van der Waals surface area contributed by atoms with Crippen LogP contribution in [0.3, 0.4) is 0 Å². The predicted octanol–water partition coefficient (Wildman–Crippen LogP) is -4.58. The largest absolute Gasteiger partial charge is 0.395 e. The lowest BCUT2D eigenvalue weighted by molar-refractivity contribution is -0.298. The molecule has 0 saturated carbocycles. The molecule has 0 aromatic carbocycles. The molecule has 0 spiro atoms. The summed E-state index contributed by atoms with van der Waals surface area (Å²) >= 11 is 0. The first-order valence-corrected chi connectivity index (χ1v) is 8.05. The molecular formula is C14H27ClN2O9. The van der Waals surface area contributed by atoms with Crippen molar-refractivity contribution in [2.75, 3.05) is 19.8 Å². The van der Waals surface area contributed by atoms with Crippen molar-refractivity contribution in [1.82, 2.24) is 10.6 Å². The third-order valence-corrected chi connectivity index (χ3v) is 4.46. The Hall–Kier alpha value is -0.600. The van der Waals surface area contributed by atoms with Crippen molar-refractivity contribution in [3.63, 3.8) is 0 Å². The van der Waals surface area contributed by atoms with Crippen molar-refractivity contribution >= 4 is 18.3 Å². The molecule has 2 aliphatic heterocycles. The van der Waals surface area contributed by atoms with Gasteiger partial charge < -0.3 is 50.7 Å². The summed E-state index contributed by atoms with van der Waals surface area (Å²) < 4.78 is 11.0. The fraction of sp³-hybridized carbons (Fsp3) is 0.929. The first-order valence-electron chi connectivity index (χ1n) is 8.05. The van der Waals surface area contributed by atoms with E-state index in [0.717, 1.165) is 0 Å². The van der Waals surface area contributed by atoms with Crippen LogP contribution < -0.4 is 10.6 Å². The van der Waals surface area contributed by atoms with Crippen molar-refractivity contribution in [3.05, 3.63) is 0 Å². The minimum atomic E-state index is -1.49. The number of aliphatic hydroxyl groups is 6. The molecule has 11 nitrogen and oxygen atoms in total. The molecule has 0 aliphatic carbocycles. The van der Waals surface area contributed by atoms with Gasteiger partial charge in [0.05, 0.1) is 25.4 Å². The molecular weight excluding hydrogens is 376 g/mol. The SMILES string of the molecule is CC(=O)N[C@@H]1[C@H](O[C@@H]2[C@@H](O)[C@H](O)CN[C@H]2CO)O[C@H](CO)[C@H](O)[C@@H]1O.Cl. The Morgan fingerprint density at radius 1 is 1.15 bits per heavy atom. The number of hydrogen-bond acceptors (Lipinski definition) is 10. The molecule has 0 aromatic heterocycles.